The molecule has 0 saturated carbocycles. The Balaban J connectivity index is 1.97. The first-order valence-electron chi connectivity index (χ1n) is 6.72. The van der Waals surface area contributed by atoms with Gasteiger partial charge in [0.15, 0.2) is 5.11 Å². The summed E-state index contributed by atoms with van der Waals surface area (Å²) < 4.78 is 16.0. The van der Waals surface area contributed by atoms with E-state index in [1.165, 1.54) is 0 Å². The van der Waals surface area contributed by atoms with Gasteiger partial charge in [0.05, 0.1) is 31.0 Å². The lowest BCUT2D eigenvalue weighted by Crippen LogP contribution is -2.34. The van der Waals surface area contributed by atoms with Gasteiger partial charge in [-0.1, -0.05) is 11.6 Å². The van der Waals surface area contributed by atoms with Gasteiger partial charge in [-0.2, -0.15) is 0 Å². The van der Waals surface area contributed by atoms with Crippen molar-refractivity contribution in [2.24, 2.45) is 0 Å². The fourth-order valence-electron chi connectivity index (χ4n) is 2.14. The van der Waals surface area contributed by atoms with Gasteiger partial charge in [-0.15, -0.1) is 0 Å². The number of hydrogen-bond acceptors (Lipinski definition) is 4. The van der Waals surface area contributed by atoms with Crippen LogP contribution in [0, 0.1) is 0 Å². The second kappa shape index (κ2) is 7.68. The molecule has 5 nitrogen and oxygen atoms in total. The highest BCUT2D eigenvalue weighted by Crippen LogP contribution is 2.35. The zero-order valence-corrected chi connectivity index (χ0v) is 13.6. The first-order chi connectivity index (χ1) is 10.1. The molecule has 0 spiro atoms. The summed E-state index contributed by atoms with van der Waals surface area (Å²) in [5.74, 6) is 1.16. The van der Waals surface area contributed by atoms with Crippen LogP contribution in [0.15, 0.2) is 12.1 Å². The topological polar surface area (TPSA) is 51.8 Å². The number of nitrogens with one attached hydrogen (secondary N) is 2. The van der Waals surface area contributed by atoms with Gasteiger partial charge in [0.1, 0.15) is 11.5 Å². The van der Waals surface area contributed by atoms with Crippen molar-refractivity contribution >= 4 is 34.6 Å². The van der Waals surface area contributed by atoms with E-state index < -0.39 is 0 Å². The molecule has 0 amide bonds. The number of hydrogen-bond donors (Lipinski definition) is 2. The van der Waals surface area contributed by atoms with Gasteiger partial charge in [0, 0.05) is 19.2 Å². The van der Waals surface area contributed by atoms with Gasteiger partial charge in [-0.05, 0) is 31.1 Å². The molecule has 1 atom stereocenters. The van der Waals surface area contributed by atoms with E-state index in [9.17, 15) is 0 Å². The molecule has 116 valence electrons. The third-order valence-corrected chi connectivity index (χ3v) is 3.78. The lowest BCUT2D eigenvalue weighted by molar-refractivity contribution is 0.114. The van der Waals surface area contributed by atoms with E-state index in [1.54, 1.807) is 26.4 Å². The maximum absolute atomic E-state index is 6.12. The van der Waals surface area contributed by atoms with Crippen LogP contribution in [0.2, 0.25) is 5.02 Å². The van der Waals surface area contributed by atoms with E-state index >= 15 is 0 Å². The molecule has 0 bridgehead atoms. The average Bonchev–Trinajstić information content (AvgIpc) is 2.99. The Morgan fingerprint density at radius 2 is 2.14 bits per heavy atom. The van der Waals surface area contributed by atoms with Crippen LogP contribution in [0.1, 0.15) is 12.8 Å². The van der Waals surface area contributed by atoms with Gasteiger partial charge < -0.3 is 24.8 Å². The summed E-state index contributed by atoms with van der Waals surface area (Å²) in [6.45, 7) is 1.52. The van der Waals surface area contributed by atoms with Crippen molar-refractivity contribution in [2.45, 2.75) is 18.9 Å². The smallest absolute Gasteiger partial charge is 0.170 e. The third-order valence-electron chi connectivity index (χ3n) is 3.24. The first-order valence-corrected chi connectivity index (χ1v) is 7.50. The lowest BCUT2D eigenvalue weighted by Gasteiger charge is -2.16. The standard InChI is InChI=1S/C14H19ClN2O3S/c1-18-12-7-13(19-2)11(6-10(12)15)17-14(21)16-8-9-4-3-5-20-9/h6-7,9H,3-5,8H2,1-2H3,(H2,16,17,21)/t9-/m0/s1. The SMILES string of the molecule is COc1cc(OC)c(NC(=S)NC[C@@H]2CCCO2)cc1Cl. The summed E-state index contributed by atoms with van der Waals surface area (Å²) >= 11 is 11.4. The Kier molecular flexibility index (Phi) is 5.90. The Hall–Kier alpha value is -1.24. The highest BCUT2D eigenvalue weighted by molar-refractivity contribution is 7.80. The van der Waals surface area contributed by atoms with Gasteiger partial charge in [0.25, 0.3) is 0 Å². The van der Waals surface area contributed by atoms with Crippen LogP contribution in [0.4, 0.5) is 5.69 Å². The molecule has 1 saturated heterocycles. The minimum Gasteiger partial charge on any atom is -0.495 e. The van der Waals surface area contributed by atoms with Crippen LogP contribution in [0.25, 0.3) is 0 Å². The molecule has 0 unspecified atom stereocenters. The zero-order chi connectivity index (χ0) is 15.2. The number of anilines is 1. The van der Waals surface area contributed by atoms with E-state index in [2.05, 4.69) is 10.6 Å². The molecule has 0 aliphatic carbocycles. The van der Waals surface area contributed by atoms with Gasteiger partial charge in [-0.25, -0.2) is 0 Å². The van der Waals surface area contributed by atoms with E-state index in [0.717, 1.165) is 19.4 Å². The highest BCUT2D eigenvalue weighted by Gasteiger charge is 2.16. The van der Waals surface area contributed by atoms with E-state index in [-0.39, 0.29) is 6.10 Å². The quantitative estimate of drug-likeness (QED) is 0.810. The summed E-state index contributed by atoms with van der Waals surface area (Å²) in [7, 11) is 3.14. The number of ether oxygens (including phenoxy) is 3. The van der Waals surface area contributed by atoms with Crippen molar-refractivity contribution in [2.75, 3.05) is 32.7 Å². The summed E-state index contributed by atoms with van der Waals surface area (Å²) in [5.41, 5.74) is 0.688. The normalized spacial score (nSPS) is 17.4. The summed E-state index contributed by atoms with van der Waals surface area (Å²) in [5, 5.41) is 7.21. The molecule has 1 aliphatic heterocycles. The Morgan fingerprint density at radius 1 is 1.38 bits per heavy atom. The monoisotopic (exact) mass is 330 g/mol. The van der Waals surface area contributed by atoms with Crippen molar-refractivity contribution in [3.8, 4) is 11.5 Å². The van der Waals surface area contributed by atoms with Crippen LogP contribution >= 0.6 is 23.8 Å². The van der Waals surface area contributed by atoms with E-state index in [4.69, 9.17) is 38.0 Å². The summed E-state index contributed by atoms with van der Waals surface area (Å²) in [4.78, 5) is 0. The molecule has 2 rings (SSSR count). The molecule has 2 N–H and O–H groups in total. The maximum Gasteiger partial charge on any atom is 0.170 e. The van der Waals surface area contributed by atoms with Crippen LogP contribution in [-0.2, 0) is 4.74 Å². The minimum absolute atomic E-state index is 0.228. The lowest BCUT2D eigenvalue weighted by atomic mass is 10.2. The summed E-state index contributed by atoms with van der Waals surface area (Å²) in [6.07, 6.45) is 2.40. The molecular weight excluding hydrogens is 312 g/mol. The largest absolute Gasteiger partial charge is 0.495 e. The van der Waals surface area contributed by atoms with Gasteiger partial charge in [0.2, 0.25) is 0 Å². The van der Waals surface area contributed by atoms with Crippen LogP contribution < -0.4 is 20.1 Å². The molecular formula is C14H19ClN2O3S. The fourth-order valence-corrected chi connectivity index (χ4v) is 2.57. The van der Waals surface area contributed by atoms with E-state index in [0.29, 0.717) is 33.9 Å². The molecule has 1 aromatic carbocycles. The predicted molar refractivity (Wildman–Crippen MR) is 87.8 cm³/mol. The Bertz CT molecular complexity index is 507. The van der Waals surface area contributed by atoms with E-state index in [1.807, 2.05) is 0 Å². The number of halogens is 1. The Labute approximate surface area is 134 Å². The van der Waals surface area contributed by atoms with Gasteiger partial charge in [-0.3, -0.25) is 0 Å². The maximum atomic E-state index is 6.12. The second-order valence-electron chi connectivity index (χ2n) is 4.66. The molecule has 7 heteroatoms. The van der Waals surface area contributed by atoms with Crippen LogP contribution in [-0.4, -0.2) is 38.6 Å². The number of thiocarbonyl (C=S) groups is 1. The number of rotatable bonds is 5. The third kappa shape index (κ3) is 4.36. The molecule has 0 radical (unpaired) electrons. The molecule has 1 aliphatic rings. The summed E-state index contributed by atoms with van der Waals surface area (Å²) in [6, 6.07) is 3.44. The van der Waals surface area contributed by atoms with Crippen molar-refractivity contribution in [1.29, 1.82) is 0 Å². The van der Waals surface area contributed by atoms with Crippen molar-refractivity contribution < 1.29 is 14.2 Å². The predicted octanol–water partition coefficient (Wildman–Crippen LogP) is 2.82. The van der Waals surface area contributed by atoms with Crippen molar-refractivity contribution in [3.63, 3.8) is 0 Å². The molecule has 1 fully saturated rings. The van der Waals surface area contributed by atoms with Crippen LogP contribution in [0.3, 0.4) is 0 Å². The second-order valence-corrected chi connectivity index (χ2v) is 5.47. The minimum atomic E-state index is 0.228. The molecule has 21 heavy (non-hydrogen) atoms. The highest BCUT2D eigenvalue weighted by atomic mass is 35.5. The average molecular weight is 331 g/mol. The number of benzene rings is 1. The molecule has 1 heterocycles. The van der Waals surface area contributed by atoms with Crippen LogP contribution in [0.5, 0.6) is 11.5 Å². The number of methoxy groups -OCH3 is 2. The first kappa shape index (κ1) is 16.1. The van der Waals surface area contributed by atoms with Crippen molar-refractivity contribution in [3.05, 3.63) is 17.2 Å². The molecule has 1 aromatic rings. The van der Waals surface area contributed by atoms with Gasteiger partial charge >= 0.3 is 0 Å². The zero-order valence-electron chi connectivity index (χ0n) is 12.1. The molecule has 0 aromatic heterocycles. The van der Waals surface area contributed by atoms with Crippen molar-refractivity contribution in [1.82, 2.24) is 5.32 Å². The Morgan fingerprint density at radius 3 is 2.76 bits per heavy atom. The fraction of sp³-hybridized carbons (Fsp3) is 0.500.